The van der Waals surface area contributed by atoms with Crippen LogP contribution in [0.2, 0.25) is 0 Å². The predicted molar refractivity (Wildman–Crippen MR) is 57.9 cm³/mol. The minimum atomic E-state index is -0.981. The molecule has 0 radical (unpaired) electrons. The standard InChI is InChI=1S/C8H8O3.C3H4O2/c1-11-8-4-6(5-9)2-3-7(8)10;1-2-3(4)5/h2-5,10H,1H3;2H,1H2,(H,4,5). The highest BCUT2D eigenvalue weighted by molar-refractivity contribution is 5.78. The molecule has 2 N–H and O–H groups in total. The molecule has 0 saturated carbocycles. The molecule has 0 unspecified atom stereocenters. The Morgan fingerprint density at radius 2 is 2.06 bits per heavy atom. The van der Waals surface area contributed by atoms with Crippen molar-refractivity contribution in [2.24, 2.45) is 0 Å². The summed E-state index contributed by atoms with van der Waals surface area (Å²) in [5.74, 6) is -0.627. The molecule has 0 spiro atoms. The van der Waals surface area contributed by atoms with Crippen molar-refractivity contribution in [3.63, 3.8) is 0 Å². The van der Waals surface area contributed by atoms with Crippen molar-refractivity contribution in [1.82, 2.24) is 0 Å². The van der Waals surface area contributed by atoms with Crippen LogP contribution in [0, 0.1) is 0 Å². The third-order valence-corrected chi connectivity index (χ3v) is 1.51. The average molecular weight is 224 g/mol. The first-order valence-electron chi connectivity index (χ1n) is 4.22. The molecule has 1 aromatic carbocycles. The van der Waals surface area contributed by atoms with Crippen LogP contribution in [0.5, 0.6) is 11.5 Å². The Morgan fingerprint density at radius 1 is 1.50 bits per heavy atom. The fourth-order valence-electron chi connectivity index (χ4n) is 0.768. The van der Waals surface area contributed by atoms with E-state index < -0.39 is 5.97 Å². The number of aromatic hydroxyl groups is 1. The molecular formula is C11H12O5. The topological polar surface area (TPSA) is 83.8 Å². The number of benzene rings is 1. The molecule has 0 aromatic heterocycles. The summed E-state index contributed by atoms with van der Waals surface area (Å²) in [5, 5.41) is 16.7. The van der Waals surface area contributed by atoms with E-state index in [1.807, 2.05) is 0 Å². The largest absolute Gasteiger partial charge is 0.504 e. The maximum Gasteiger partial charge on any atom is 0.327 e. The van der Waals surface area contributed by atoms with Crippen LogP contribution in [-0.2, 0) is 4.79 Å². The van der Waals surface area contributed by atoms with Crippen LogP contribution in [0.3, 0.4) is 0 Å². The zero-order valence-electron chi connectivity index (χ0n) is 8.71. The fraction of sp³-hybridized carbons (Fsp3) is 0.0909. The molecule has 1 aromatic rings. The summed E-state index contributed by atoms with van der Waals surface area (Å²) in [6.45, 7) is 2.96. The van der Waals surface area contributed by atoms with Gasteiger partial charge in [-0.3, -0.25) is 4.79 Å². The Bertz CT molecular complexity index is 384. The van der Waals surface area contributed by atoms with Gasteiger partial charge >= 0.3 is 5.97 Å². The summed E-state index contributed by atoms with van der Waals surface area (Å²) in [7, 11) is 1.43. The van der Waals surface area contributed by atoms with E-state index in [1.165, 1.54) is 25.3 Å². The van der Waals surface area contributed by atoms with Crippen molar-refractivity contribution in [2.45, 2.75) is 0 Å². The zero-order chi connectivity index (χ0) is 12.6. The second-order valence-corrected chi connectivity index (χ2v) is 2.59. The van der Waals surface area contributed by atoms with Gasteiger partial charge in [0.1, 0.15) is 6.29 Å². The number of aldehydes is 1. The third-order valence-electron chi connectivity index (χ3n) is 1.51. The highest BCUT2D eigenvalue weighted by Gasteiger charge is 2.00. The Labute approximate surface area is 92.6 Å². The number of ether oxygens (including phenoxy) is 1. The molecule has 0 bridgehead atoms. The second kappa shape index (κ2) is 7.05. The van der Waals surface area contributed by atoms with E-state index in [0.29, 0.717) is 17.6 Å². The van der Waals surface area contributed by atoms with Gasteiger partial charge in [-0.05, 0) is 18.2 Å². The van der Waals surface area contributed by atoms with Crippen molar-refractivity contribution < 1.29 is 24.5 Å². The quantitative estimate of drug-likeness (QED) is 0.600. The highest BCUT2D eigenvalue weighted by Crippen LogP contribution is 2.25. The second-order valence-electron chi connectivity index (χ2n) is 2.59. The first-order valence-corrected chi connectivity index (χ1v) is 4.22. The van der Waals surface area contributed by atoms with Crippen LogP contribution < -0.4 is 4.74 Å². The molecule has 0 amide bonds. The zero-order valence-corrected chi connectivity index (χ0v) is 8.71. The van der Waals surface area contributed by atoms with Crippen molar-refractivity contribution in [1.29, 1.82) is 0 Å². The van der Waals surface area contributed by atoms with Gasteiger partial charge in [-0.25, -0.2) is 4.79 Å². The van der Waals surface area contributed by atoms with Crippen LogP contribution >= 0.6 is 0 Å². The molecule has 0 atom stereocenters. The fourth-order valence-corrected chi connectivity index (χ4v) is 0.768. The maximum absolute atomic E-state index is 10.2. The Morgan fingerprint density at radius 3 is 2.44 bits per heavy atom. The van der Waals surface area contributed by atoms with Gasteiger partial charge in [0.25, 0.3) is 0 Å². The number of phenols is 1. The predicted octanol–water partition coefficient (Wildman–Crippen LogP) is 1.47. The van der Waals surface area contributed by atoms with Gasteiger partial charge in [0.05, 0.1) is 7.11 Å². The molecule has 0 aliphatic carbocycles. The lowest BCUT2D eigenvalue weighted by Gasteiger charge is -2.01. The van der Waals surface area contributed by atoms with Gasteiger partial charge in [0, 0.05) is 11.6 Å². The summed E-state index contributed by atoms with van der Waals surface area (Å²) in [6, 6.07) is 4.41. The Kier molecular flexibility index (Phi) is 6.04. The monoisotopic (exact) mass is 224 g/mol. The van der Waals surface area contributed by atoms with Crippen LogP contribution in [0.25, 0.3) is 0 Å². The number of rotatable bonds is 3. The smallest absolute Gasteiger partial charge is 0.327 e. The molecular weight excluding hydrogens is 212 g/mol. The lowest BCUT2D eigenvalue weighted by atomic mass is 10.2. The van der Waals surface area contributed by atoms with Crippen molar-refractivity contribution >= 4 is 12.3 Å². The first kappa shape index (κ1) is 13.7. The number of hydrogen-bond donors (Lipinski definition) is 2. The van der Waals surface area contributed by atoms with Gasteiger partial charge in [-0.1, -0.05) is 6.58 Å². The van der Waals surface area contributed by atoms with Crippen LogP contribution in [0.15, 0.2) is 30.9 Å². The van der Waals surface area contributed by atoms with Gasteiger partial charge in [0.15, 0.2) is 11.5 Å². The number of carbonyl (C=O) groups excluding carboxylic acids is 1. The number of carboxylic acid groups (broad SMARTS) is 1. The molecule has 16 heavy (non-hydrogen) atoms. The van der Waals surface area contributed by atoms with Crippen molar-refractivity contribution in [2.75, 3.05) is 7.11 Å². The van der Waals surface area contributed by atoms with E-state index in [-0.39, 0.29) is 5.75 Å². The summed E-state index contributed by atoms with van der Waals surface area (Å²) in [6.07, 6.45) is 1.53. The molecule has 0 aliphatic heterocycles. The van der Waals surface area contributed by atoms with Crippen LogP contribution in [-0.4, -0.2) is 29.6 Å². The van der Waals surface area contributed by atoms with E-state index in [0.717, 1.165) is 6.08 Å². The number of carbonyl (C=O) groups is 2. The Hall–Kier alpha value is -2.30. The number of phenolic OH excluding ortho intramolecular Hbond substituents is 1. The Balaban J connectivity index is 0.000000385. The van der Waals surface area contributed by atoms with Gasteiger partial charge in [-0.2, -0.15) is 0 Å². The van der Waals surface area contributed by atoms with Gasteiger partial charge in [-0.15, -0.1) is 0 Å². The minimum absolute atomic E-state index is 0.0399. The van der Waals surface area contributed by atoms with Crippen LogP contribution in [0.1, 0.15) is 10.4 Å². The normalized spacial score (nSPS) is 8.31. The number of carboxylic acids is 1. The lowest BCUT2D eigenvalue weighted by molar-refractivity contribution is -0.131. The van der Waals surface area contributed by atoms with Crippen molar-refractivity contribution in [3.05, 3.63) is 36.4 Å². The number of aliphatic carboxylic acids is 1. The van der Waals surface area contributed by atoms with E-state index in [1.54, 1.807) is 0 Å². The van der Waals surface area contributed by atoms with Gasteiger partial charge in [0.2, 0.25) is 0 Å². The number of hydrogen-bond acceptors (Lipinski definition) is 4. The van der Waals surface area contributed by atoms with Gasteiger partial charge < -0.3 is 14.9 Å². The molecule has 0 heterocycles. The third kappa shape index (κ3) is 4.80. The molecule has 0 aliphatic rings. The summed E-state index contributed by atoms with van der Waals surface area (Å²) < 4.78 is 4.78. The summed E-state index contributed by atoms with van der Waals surface area (Å²) in [5.41, 5.74) is 0.486. The molecule has 5 nitrogen and oxygen atoms in total. The van der Waals surface area contributed by atoms with E-state index in [2.05, 4.69) is 6.58 Å². The first-order chi connectivity index (χ1) is 7.54. The molecule has 0 saturated heterocycles. The molecule has 1 rings (SSSR count). The van der Waals surface area contributed by atoms with E-state index in [9.17, 15) is 9.59 Å². The van der Waals surface area contributed by atoms with E-state index >= 15 is 0 Å². The molecule has 0 fully saturated rings. The summed E-state index contributed by atoms with van der Waals surface area (Å²) >= 11 is 0. The molecule has 86 valence electrons. The minimum Gasteiger partial charge on any atom is -0.504 e. The lowest BCUT2D eigenvalue weighted by Crippen LogP contribution is -1.85. The number of methoxy groups -OCH3 is 1. The summed E-state index contributed by atoms with van der Waals surface area (Å²) in [4.78, 5) is 19.5. The molecule has 5 heteroatoms. The SMILES string of the molecule is C=CC(=O)O.COc1cc(C=O)ccc1O. The van der Waals surface area contributed by atoms with Crippen LogP contribution in [0.4, 0.5) is 0 Å². The van der Waals surface area contributed by atoms with Crippen molar-refractivity contribution in [3.8, 4) is 11.5 Å². The van der Waals surface area contributed by atoms with E-state index in [4.69, 9.17) is 14.9 Å². The average Bonchev–Trinajstić information content (AvgIpc) is 2.30. The maximum atomic E-state index is 10.2. The highest BCUT2D eigenvalue weighted by atomic mass is 16.5.